The van der Waals surface area contributed by atoms with Crippen molar-refractivity contribution < 1.29 is 4.79 Å². The van der Waals surface area contributed by atoms with Crippen molar-refractivity contribution in [2.75, 3.05) is 18.0 Å². The number of carbonyl (C=O) groups excluding carboxylic acids is 1. The third kappa shape index (κ3) is 2.19. The highest BCUT2D eigenvalue weighted by atomic mass is 16.2. The van der Waals surface area contributed by atoms with Gasteiger partial charge in [0.15, 0.2) is 0 Å². The summed E-state index contributed by atoms with van der Waals surface area (Å²) < 4.78 is 0. The summed E-state index contributed by atoms with van der Waals surface area (Å²) in [4.78, 5) is 34.2. The molecule has 0 spiro atoms. The standard InChI is InChI=1S/C19H27N5O2/c1-10-7-15(25)23-18(21-10)24-6-2-3-12(9-24)22-17(26)19-13-5-4-11(16(19)20)8-14(13)19/h7,11-14,16H,2-6,8-9,20H2,1H3,(H,22,26)(H,21,23,25). The van der Waals surface area contributed by atoms with Gasteiger partial charge in [-0.3, -0.25) is 14.6 Å². The molecule has 7 nitrogen and oxygen atoms in total. The van der Waals surface area contributed by atoms with E-state index in [4.69, 9.17) is 5.73 Å². The summed E-state index contributed by atoms with van der Waals surface area (Å²) in [6.45, 7) is 3.35. The molecule has 1 aliphatic heterocycles. The minimum absolute atomic E-state index is 0.0424. The molecule has 4 saturated carbocycles. The van der Waals surface area contributed by atoms with Crippen molar-refractivity contribution in [3.63, 3.8) is 0 Å². The number of fused-ring (bicyclic) bond motifs is 1. The van der Waals surface area contributed by atoms with Crippen molar-refractivity contribution in [2.45, 2.75) is 51.1 Å². The number of aromatic amines is 1. The number of carbonyl (C=O) groups is 1. The van der Waals surface area contributed by atoms with Crippen LogP contribution in [0.1, 0.15) is 37.8 Å². The topological polar surface area (TPSA) is 104 Å². The van der Waals surface area contributed by atoms with E-state index >= 15 is 0 Å². The van der Waals surface area contributed by atoms with Crippen molar-refractivity contribution in [3.05, 3.63) is 22.1 Å². The molecule has 0 radical (unpaired) electrons. The number of nitrogens with one attached hydrogen (secondary N) is 2. The molecule has 5 fully saturated rings. The molecule has 4 bridgehead atoms. The number of H-pyrrole nitrogens is 1. The van der Waals surface area contributed by atoms with E-state index in [0.29, 0.717) is 35.9 Å². The molecule has 1 amide bonds. The van der Waals surface area contributed by atoms with Gasteiger partial charge in [-0.05, 0) is 56.8 Å². The first-order valence-corrected chi connectivity index (χ1v) is 9.89. The van der Waals surface area contributed by atoms with Crippen molar-refractivity contribution in [1.82, 2.24) is 15.3 Å². The molecular formula is C19H27N5O2. The van der Waals surface area contributed by atoms with Gasteiger partial charge in [0, 0.05) is 36.9 Å². The number of rotatable bonds is 3. The Balaban J connectivity index is 1.29. The highest BCUT2D eigenvalue weighted by Crippen LogP contribution is 2.75. The number of anilines is 1. The second-order valence-corrected chi connectivity index (χ2v) is 8.71. The van der Waals surface area contributed by atoms with E-state index in [-0.39, 0.29) is 29.0 Å². The molecule has 6 atom stereocenters. The molecule has 6 rings (SSSR count). The molecule has 1 saturated heterocycles. The summed E-state index contributed by atoms with van der Waals surface area (Å²) in [5, 5.41) is 3.31. The van der Waals surface area contributed by atoms with Gasteiger partial charge in [0.25, 0.3) is 5.56 Å². The van der Waals surface area contributed by atoms with Crippen LogP contribution in [0.3, 0.4) is 0 Å². The molecule has 2 heterocycles. The van der Waals surface area contributed by atoms with Crippen LogP contribution in [0.4, 0.5) is 5.95 Å². The number of hydrogen-bond donors (Lipinski definition) is 3. The van der Waals surface area contributed by atoms with E-state index in [9.17, 15) is 9.59 Å². The molecule has 1 aromatic heterocycles. The molecule has 140 valence electrons. The summed E-state index contributed by atoms with van der Waals surface area (Å²) in [6.07, 6.45) is 5.44. The Morgan fingerprint density at radius 2 is 2.23 bits per heavy atom. The van der Waals surface area contributed by atoms with E-state index in [1.54, 1.807) is 0 Å². The number of aromatic nitrogens is 2. The van der Waals surface area contributed by atoms with Gasteiger partial charge in [0.05, 0.1) is 5.41 Å². The quantitative estimate of drug-likeness (QED) is 0.732. The molecular weight excluding hydrogens is 330 g/mol. The van der Waals surface area contributed by atoms with Gasteiger partial charge >= 0.3 is 0 Å². The van der Waals surface area contributed by atoms with Gasteiger partial charge < -0.3 is 16.0 Å². The molecule has 5 aliphatic rings. The smallest absolute Gasteiger partial charge is 0.252 e. The average Bonchev–Trinajstić information content (AvgIpc) is 3.22. The Morgan fingerprint density at radius 3 is 2.92 bits per heavy atom. The van der Waals surface area contributed by atoms with Crippen LogP contribution in [0.25, 0.3) is 0 Å². The molecule has 26 heavy (non-hydrogen) atoms. The van der Waals surface area contributed by atoms with Gasteiger partial charge in [-0.15, -0.1) is 0 Å². The summed E-state index contributed by atoms with van der Waals surface area (Å²) in [5.41, 5.74) is 6.78. The van der Waals surface area contributed by atoms with Crippen LogP contribution < -0.4 is 21.5 Å². The summed E-state index contributed by atoms with van der Waals surface area (Å²) in [6, 6.07) is 1.63. The molecule has 7 heteroatoms. The van der Waals surface area contributed by atoms with Gasteiger partial charge in [0.2, 0.25) is 11.9 Å². The fourth-order valence-electron chi connectivity index (χ4n) is 6.21. The van der Waals surface area contributed by atoms with Gasteiger partial charge in [-0.2, -0.15) is 0 Å². The number of hydrogen-bond acceptors (Lipinski definition) is 5. The van der Waals surface area contributed by atoms with E-state index in [1.807, 2.05) is 6.92 Å². The normalized spacial score (nSPS) is 40.4. The monoisotopic (exact) mass is 357 g/mol. The van der Waals surface area contributed by atoms with Crippen LogP contribution in [0.15, 0.2) is 10.9 Å². The number of nitrogens with two attached hydrogens (primary N) is 1. The fourth-order valence-corrected chi connectivity index (χ4v) is 6.21. The van der Waals surface area contributed by atoms with E-state index in [2.05, 4.69) is 20.2 Å². The Kier molecular flexibility index (Phi) is 3.48. The van der Waals surface area contributed by atoms with E-state index in [0.717, 1.165) is 25.8 Å². The highest BCUT2D eigenvalue weighted by Gasteiger charge is 2.78. The Hall–Kier alpha value is -1.89. The third-order valence-corrected chi connectivity index (χ3v) is 7.37. The zero-order valence-corrected chi connectivity index (χ0v) is 15.2. The first-order valence-electron chi connectivity index (χ1n) is 9.89. The van der Waals surface area contributed by atoms with Crippen LogP contribution in [0.2, 0.25) is 0 Å². The third-order valence-electron chi connectivity index (χ3n) is 7.37. The fraction of sp³-hybridized carbons (Fsp3) is 0.737. The minimum atomic E-state index is -0.277. The number of nitrogens with zero attached hydrogens (tertiary/aromatic N) is 2. The Bertz CT molecular complexity index is 801. The lowest BCUT2D eigenvalue weighted by Crippen LogP contribution is -2.54. The van der Waals surface area contributed by atoms with Crippen LogP contribution in [0, 0.1) is 30.1 Å². The van der Waals surface area contributed by atoms with Crippen molar-refractivity contribution >= 4 is 11.9 Å². The highest BCUT2D eigenvalue weighted by molar-refractivity contribution is 5.89. The van der Waals surface area contributed by atoms with Crippen LogP contribution in [-0.4, -0.2) is 41.0 Å². The molecule has 4 aliphatic carbocycles. The lowest BCUT2D eigenvalue weighted by atomic mass is 9.77. The summed E-state index contributed by atoms with van der Waals surface area (Å²) in [5.74, 6) is 2.36. The van der Waals surface area contributed by atoms with Gasteiger partial charge in [-0.1, -0.05) is 0 Å². The molecule has 1 aromatic rings. The number of piperidine rings is 1. The zero-order valence-electron chi connectivity index (χ0n) is 15.2. The Labute approximate surface area is 152 Å². The second kappa shape index (κ2) is 5.55. The first-order chi connectivity index (χ1) is 12.5. The van der Waals surface area contributed by atoms with Crippen LogP contribution in [-0.2, 0) is 4.79 Å². The lowest BCUT2D eigenvalue weighted by Gasteiger charge is -2.36. The predicted molar refractivity (Wildman–Crippen MR) is 97.7 cm³/mol. The predicted octanol–water partition coefficient (Wildman–Crippen LogP) is 0.537. The van der Waals surface area contributed by atoms with E-state index < -0.39 is 0 Å². The van der Waals surface area contributed by atoms with Crippen molar-refractivity contribution in [1.29, 1.82) is 0 Å². The first kappa shape index (κ1) is 16.3. The minimum Gasteiger partial charge on any atom is -0.351 e. The van der Waals surface area contributed by atoms with Crippen molar-refractivity contribution in [2.24, 2.45) is 28.9 Å². The molecule has 4 N–H and O–H groups in total. The maximum Gasteiger partial charge on any atom is 0.252 e. The van der Waals surface area contributed by atoms with Crippen LogP contribution >= 0.6 is 0 Å². The maximum absolute atomic E-state index is 13.1. The van der Waals surface area contributed by atoms with Gasteiger partial charge in [-0.25, -0.2) is 4.98 Å². The van der Waals surface area contributed by atoms with Crippen LogP contribution in [0.5, 0.6) is 0 Å². The largest absolute Gasteiger partial charge is 0.351 e. The second-order valence-electron chi connectivity index (χ2n) is 8.71. The SMILES string of the molecule is Cc1cc(=O)[nH]c(N2CCCC(NC(=O)C34C(N)C5CCC3C4C5)C2)n1. The summed E-state index contributed by atoms with van der Waals surface area (Å²) >= 11 is 0. The van der Waals surface area contributed by atoms with Crippen molar-refractivity contribution in [3.8, 4) is 0 Å². The summed E-state index contributed by atoms with van der Waals surface area (Å²) in [7, 11) is 0. The molecule has 6 unspecified atom stereocenters. The van der Waals surface area contributed by atoms with Gasteiger partial charge in [0.1, 0.15) is 0 Å². The average molecular weight is 357 g/mol. The lowest BCUT2D eigenvalue weighted by molar-refractivity contribution is -0.129. The zero-order chi connectivity index (χ0) is 18.1. The molecule has 0 aromatic carbocycles. The number of aryl methyl sites for hydroxylation is 1. The number of amides is 1. The maximum atomic E-state index is 13.1. The Morgan fingerprint density at radius 1 is 1.38 bits per heavy atom. The van der Waals surface area contributed by atoms with E-state index in [1.165, 1.54) is 18.9 Å².